The molecule has 0 N–H and O–H groups in total. The third-order valence-corrected chi connectivity index (χ3v) is 2.87. The van der Waals surface area contributed by atoms with Crippen LogP contribution in [0.15, 0.2) is 36.4 Å². The molecule has 0 saturated heterocycles. The second-order valence-corrected chi connectivity index (χ2v) is 4.29. The summed E-state index contributed by atoms with van der Waals surface area (Å²) < 4.78 is 26.2. The van der Waals surface area contributed by atoms with Gasteiger partial charge in [0.2, 0.25) is 0 Å². The van der Waals surface area contributed by atoms with Crippen LogP contribution in [0.3, 0.4) is 0 Å². The lowest BCUT2D eigenvalue weighted by Crippen LogP contribution is -2.03. The Labute approximate surface area is 112 Å². The summed E-state index contributed by atoms with van der Waals surface area (Å²) in [6.45, 7) is 0.365. The molecule has 0 saturated carbocycles. The van der Waals surface area contributed by atoms with Crippen molar-refractivity contribution >= 4 is 11.0 Å². The number of fused-ring (bicyclic) bond motifs is 1. The average molecular weight is 270 g/mol. The molecule has 0 unspecified atom stereocenters. The average Bonchev–Trinajstić information content (AvgIpc) is 2.81. The molecule has 0 amide bonds. The molecular weight excluding hydrogens is 262 g/mol. The highest BCUT2D eigenvalue weighted by Gasteiger charge is 2.09. The van der Waals surface area contributed by atoms with E-state index in [0.29, 0.717) is 23.1 Å². The lowest BCUT2D eigenvalue weighted by atomic mass is 10.1. The van der Waals surface area contributed by atoms with E-state index < -0.39 is 11.6 Å². The van der Waals surface area contributed by atoms with Crippen LogP contribution in [0.25, 0.3) is 11.0 Å². The molecule has 1 heterocycles. The lowest BCUT2D eigenvalue weighted by molar-refractivity contribution is 0.510. The molecule has 1 aromatic heterocycles. The Hall–Kier alpha value is -2.81. The monoisotopic (exact) mass is 270 g/mol. The van der Waals surface area contributed by atoms with Crippen molar-refractivity contribution in [1.82, 2.24) is 15.0 Å². The minimum absolute atomic E-state index is 0.303. The number of benzene rings is 2. The zero-order valence-corrected chi connectivity index (χ0v) is 10.2. The van der Waals surface area contributed by atoms with Crippen molar-refractivity contribution in [3.8, 4) is 6.07 Å². The van der Waals surface area contributed by atoms with Gasteiger partial charge in [0.05, 0.1) is 18.2 Å². The number of halogens is 2. The van der Waals surface area contributed by atoms with E-state index in [1.54, 1.807) is 24.3 Å². The summed E-state index contributed by atoms with van der Waals surface area (Å²) >= 11 is 0. The molecule has 2 aromatic carbocycles. The topological polar surface area (TPSA) is 54.5 Å². The van der Waals surface area contributed by atoms with E-state index in [1.165, 1.54) is 4.80 Å². The van der Waals surface area contributed by atoms with Crippen LogP contribution in [0.2, 0.25) is 0 Å². The summed E-state index contributed by atoms with van der Waals surface area (Å²) in [6.07, 6.45) is 0. The van der Waals surface area contributed by atoms with Crippen LogP contribution in [0, 0.1) is 23.0 Å². The Morgan fingerprint density at radius 1 is 1.00 bits per heavy atom. The highest BCUT2D eigenvalue weighted by Crippen LogP contribution is 2.15. The van der Waals surface area contributed by atoms with E-state index in [4.69, 9.17) is 5.26 Å². The molecule has 0 atom stereocenters. The van der Waals surface area contributed by atoms with Crippen LogP contribution in [-0.4, -0.2) is 15.0 Å². The van der Waals surface area contributed by atoms with Gasteiger partial charge in [-0.25, -0.2) is 8.78 Å². The summed E-state index contributed by atoms with van der Waals surface area (Å²) in [5.74, 6) is -1.88. The van der Waals surface area contributed by atoms with Crippen molar-refractivity contribution in [2.45, 2.75) is 6.54 Å². The van der Waals surface area contributed by atoms with Gasteiger partial charge in [0.15, 0.2) is 11.6 Å². The first kappa shape index (κ1) is 12.2. The maximum Gasteiger partial charge on any atom is 0.161 e. The number of nitrogens with zero attached hydrogens (tertiary/aromatic N) is 4. The Bertz CT molecular complexity index is 777. The molecule has 0 spiro atoms. The van der Waals surface area contributed by atoms with Gasteiger partial charge < -0.3 is 0 Å². The molecular formula is C14H8F2N4. The zero-order chi connectivity index (χ0) is 14.1. The quantitative estimate of drug-likeness (QED) is 0.719. The van der Waals surface area contributed by atoms with Gasteiger partial charge in [-0.2, -0.15) is 20.3 Å². The Morgan fingerprint density at radius 3 is 2.05 bits per heavy atom. The van der Waals surface area contributed by atoms with E-state index >= 15 is 0 Å². The van der Waals surface area contributed by atoms with Crippen LogP contribution < -0.4 is 0 Å². The molecule has 0 fully saturated rings. The van der Waals surface area contributed by atoms with Gasteiger partial charge in [-0.1, -0.05) is 12.1 Å². The second kappa shape index (κ2) is 4.70. The smallest absolute Gasteiger partial charge is 0.161 e. The zero-order valence-electron chi connectivity index (χ0n) is 10.2. The van der Waals surface area contributed by atoms with E-state index in [2.05, 4.69) is 10.2 Å². The molecule has 0 radical (unpaired) electrons. The Morgan fingerprint density at radius 2 is 1.55 bits per heavy atom. The fraction of sp³-hybridized carbons (Fsp3) is 0.0714. The van der Waals surface area contributed by atoms with Crippen molar-refractivity contribution in [3.63, 3.8) is 0 Å². The van der Waals surface area contributed by atoms with Crippen molar-refractivity contribution in [2.75, 3.05) is 0 Å². The molecule has 0 aliphatic heterocycles. The summed E-state index contributed by atoms with van der Waals surface area (Å²) in [4.78, 5) is 1.37. The Kier molecular flexibility index (Phi) is 2.88. The molecule has 3 rings (SSSR count). The van der Waals surface area contributed by atoms with Gasteiger partial charge in [-0.15, -0.1) is 0 Å². The Balaban J connectivity index is 1.92. The van der Waals surface area contributed by atoms with Gasteiger partial charge in [-0.3, -0.25) is 0 Å². The SMILES string of the molecule is N#Cc1ccc(Cn2nc3cc(F)c(F)cc3n2)cc1. The number of nitriles is 1. The maximum absolute atomic E-state index is 13.1. The van der Waals surface area contributed by atoms with E-state index in [0.717, 1.165) is 17.7 Å². The first-order chi connectivity index (χ1) is 9.65. The predicted octanol–water partition coefficient (Wildman–Crippen LogP) is 2.63. The molecule has 0 aliphatic rings. The number of rotatable bonds is 2. The molecule has 20 heavy (non-hydrogen) atoms. The van der Waals surface area contributed by atoms with E-state index in [1.807, 2.05) is 6.07 Å². The largest absolute Gasteiger partial charge is 0.204 e. The third-order valence-electron chi connectivity index (χ3n) is 2.87. The molecule has 0 aliphatic carbocycles. The van der Waals surface area contributed by atoms with Gasteiger partial charge in [-0.05, 0) is 17.7 Å². The third kappa shape index (κ3) is 2.21. The molecule has 4 nitrogen and oxygen atoms in total. The summed E-state index contributed by atoms with van der Waals surface area (Å²) in [5, 5.41) is 16.9. The van der Waals surface area contributed by atoms with Crippen LogP contribution in [-0.2, 0) is 6.54 Å². The highest BCUT2D eigenvalue weighted by molar-refractivity contribution is 5.73. The van der Waals surface area contributed by atoms with Gasteiger partial charge in [0.25, 0.3) is 0 Å². The fourth-order valence-corrected chi connectivity index (χ4v) is 1.88. The minimum atomic E-state index is -0.942. The van der Waals surface area contributed by atoms with Crippen molar-refractivity contribution in [3.05, 3.63) is 59.2 Å². The fourth-order valence-electron chi connectivity index (χ4n) is 1.88. The number of hydrogen-bond donors (Lipinski definition) is 0. The van der Waals surface area contributed by atoms with Crippen molar-refractivity contribution < 1.29 is 8.78 Å². The molecule has 0 bridgehead atoms. The van der Waals surface area contributed by atoms with Gasteiger partial charge in [0, 0.05) is 12.1 Å². The molecule has 98 valence electrons. The van der Waals surface area contributed by atoms with E-state index in [-0.39, 0.29) is 0 Å². The van der Waals surface area contributed by atoms with Crippen LogP contribution in [0.1, 0.15) is 11.1 Å². The normalized spacial score (nSPS) is 10.7. The summed E-state index contributed by atoms with van der Waals surface area (Å²) in [5.41, 5.74) is 2.07. The molecule has 6 heteroatoms. The first-order valence-corrected chi connectivity index (χ1v) is 5.84. The molecule has 3 aromatic rings. The predicted molar refractivity (Wildman–Crippen MR) is 67.7 cm³/mol. The highest BCUT2D eigenvalue weighted by atomic mass is 19.2. The summed E-state index contributed by atoms with van der Waals surface area (Å²) in [6, 6.07) is 11.0. The van der Waals surface area contributed by atoms with Crippen LogP contribution in [0.4, 0.5) is 8.78 Å². The summed E-state index contributed by atoms with van der Waals surface area (Å²) in [7, 11) is 0. The van der Waals surface area contributed by atoms with Gasteiger partial charge in [0.1, 0.15) is 11.0 Å². The minimum Gasteiger partial charge on any atom is -0.204 e. The van der Waals surface area contributed by atoms with Crippen molar-refractivity contribution in [1.29, 1.82) is 5.26 Å². The standard InChI is InChI=1S/C14H8F2N4/c15-11-5-13-14(6-12(11)16)19-20(18-13)8-10-3-1-9(7-17)2-4-10/h1-6H,8H2. The maximum atomic E-state index is 13.1. The number of aromatic nitrogens is 3. The van der Waals surface area contributed by atoms with Crippen LogP contribution >= 0.6 is 0 Å². The van der Waals surface area contributed by atoms with Gasteiger partial charge >= 0.3 is 0 Å². The first-order valence-electron chi connectivity index (χ1n) is 5.84. The lowest BCUT2D eigenvalue weighted by Gasteiger charge is -1.99. The number of hydrogen-bond acceptors (Lipinski definition) is 3. The van der Waals surface area contributed by atoms with Crippen molar-refractivity contribution in [2.24, 2.45) is 0 Å². The second-order valence-electron chi connectivity index (χ2n) is 4.29. The van der Waals surface area contributed by atoms with E-state index in [9.17, 15) is 8.78 Å². The van der Waals surface area contributed by atoms with Crippen LogP contribution in [0.5, 0.6) is 0 Å².